The molecule has 7 nitrogen and oxygen atoms in total. The van der Waals surface area contributed by atoms with Crippen molar-refractivity contribution in [2.24, 2.45) is 0 Å². The summed E-state index contributed by atoms with van der Waals surface area (Å²) in [6.07, 6.45) is -1.14. The van der Waals surface area contributed by atoms with Gasteiger partial charge in [-0.2, -0.15) is 8.78 Å². The normalized spacial score (nSPS) is 14.3. The van der Waals surface area contributed by atoms with Crippen molar-refractivity contribution in [3.63, 3.8) is 0 Å². The summed E-state index contributed by atoms with van der Waals surface area (Å²) in [6.45, 7) is 2.69. The molecule has 1 rings (SSSR count). The van der Waals surface area contributed by atoms with Crippen molar-refractivity contribution in [3.8, 4) is 5.75 Å². The van der Waals surface area contributed by atoms with Gasteiger partial charge in [-0.1, -0.05) is 13.8 Å². The molecule has 132 valence electrons. The van der Waals surface area contributed by atoms with Crippen LogP contribution in [0.1, 0.15) is 55.5 Å². The molecular weight excluding hydrogens is 335 g/mol. The minimum absolute atomic E-state index is 0.144. The smallest absolute Gasteiger partial charge is 0.301 e. The average molecular weight is 353 g/mol. The van der Waals surface area contributed by atoms with Gasteiger partial charge >= 0.3 is 5.66 Å². The molecule has 0 aromatic carbocycles. The number of nitrogens with zero attached hydrogens (tertiary/aromatic N) is 1. The Morgan fingerprint density at radius 3 is 2.26 bits per heavy atom. The quantitative estimate of drug-likeness (QED) is 0.614. The lowest BCUT2D eigenvalue weighted by atomic mass is 9.94. The third-order valence-corrected chi connectivity index (χ3v) is 4.71. The van der Waals surface area contributed by atoms with E-state index in [0.717, 1.165) is 6.20 Å². The lowest BCUT2D eigenvalue weighted by Gasteiger charge is -2.40. The number of aliphatic hydroxyl groups is 2. The molecule has 0 saturated heterocycles. The third-order valence-electron chi connectivity index (χ3n) is 3.74. The van der Waals surface area contributed by atoms with Crippen molar-refractivity contribution in [3.05, 3.63) is 23.0 Å². The van der Waals surface area contributed by atoms with Gasteiger partial charge in [-0.3, -0.25) is 4.98 Å². The molecule has 0 aliphatic heterocycles. The largest absolute Gasteiger partial charge is 0.806 e. The first kappa shape index (κ1) is 19.9. The van der Waals surface area contributed by atoms with E-state index in [0.29, 0.717) is 12.8 Å². The molecule has 10 heteroatoms. The lowest BCUT2D eigenvalue weighted by Crippen LogP contribution is -2.37. The van der Waals surface area contributed by atoms with Crippen molar-refractivity contribution in [2.75, 3.05) is 0 Å². The van der Waals surface area contributed by atoms with Gasteiger partial charge in [0.2, 0.25) is 0 Å². The molecule has 1 aromatic heterocycles. The minimum atomic E-state index is -6.45. The van der Waals surface area contributed by atoms with E-state index < -0.39 is 42.8 Å². The molecule has 0 spiro atoms. The SMILES string of the molecule is CCC(CC)c1ncc(C(O)C(F)(F)P(=O)([O-])[O-])c(CO)c1O. The average Bonchev–Trinajstić information content (AvgIpc) is 2.47. The van der Waals surface area contributed by atoms with Crippen molar-refractivity contribution in [1.82, 2.24) is 4.98 Å². The second kappa shape index (κ2) is 7.19. The molecule has 23 heavy (non-hydrogen) atoms. The van der Waals surface area contributed by atoms with Gasteiger partial charge in [0.15, 0.2) is 0 Å². The fraction of sp³-hybridized carbons (Fsp3) is 0.615. The molecule has 1 unspecified atom stereocenters. The molecular formula is C13H18F2NO6P-2. The van der Waals surface area contributed by atoms with Crippen LogP contribution in [0.25, 0.3) is 0 Å². The highest BCUT2D eigenvalue weighted by atomic mass is 31.2. The van der Waals surface area contributed by atoms with Gasteiger partial charge in [-0.05, 0) is 12.8 Å². The lowest BCUT2D eigenvalue weighted by molar-refractivity contribution is -0.339. The van der Waals surface area contributed by atoms with E-state index in [-0.39, 0.29) is 11.6 Å². The monoisotopic (exact) mass is 353 g/mol. The van der Waals surface area contributed by atoms with Crippen LogP contribution < -0.4 is 9.79 Å². The Hall–Kier alpha value is -1.12. The molecule has 3 N–H and O–H groups in total. The zero-order valence-corrected chi connectivity index (χ0v) is 13.5. The molecule has 0 aliphatic rings. The molecule has 1 atom stereocenters. The van der Waals surface area contributed by atoms with Crippen LogP contribution in [0.3, 0.4) is 0 Å². The van der Waals surface area contributed by atoms with Gasteiger partial charge in [0.25, 0.3) is 0 Å². The number of hydrogen-bond donors (Lipinski definition) is 3. The second-order valence-electron chi connectivity index (χ2n) is 5.09. The molecule has 0 radical (unpaired) electrons. The van der Waals surface area contributed by atoms with E-state index in [4.69, 9.17) is 0 Å². The van der Waals surface area contributed by atoms with Gasteiger partial charge < -0.3 is 29.7 Å². The maximum atomic E-state index is 13.5. The topological polar surface area (TPSA) is 137 Å². The maximum absolute atomic E-state index is 13.5. The van der Waals surface area contributed by atoms with Crippen LogP contribution in [0.5, 0.6) is 5.75 Å². The van der Waals surface area contributed by atoms with Crippen molar-refractivity contribution in [2.45, 2.75) is 51.0 Å². The number of pyridine rings is 1. The first-order chi connectivity index (χ1) is 10.5. The summed E-state index contributed by atoms with van der Waals surface area (Å²) < 4.78 is 37.7. The Morgan fingerprint density at radius 1 is 1.35 bits per heavy atom. The number of halogens is 2. The predicted octanol–water partition coefficient (Wildman–Crippen LogP) is 0.723. The highest BCUT2D eigenvalue weighted by molar-refractivity contribution is 7.50. The Bertz CT molecular complexity index is 602. The Morgan fingerprint density at radius 2 is 1.87 bits per heavy atom. The predicted molar refractivity (Wildman–Crippen MR) is 72.7 cm³/mol. The molecule has 0 amide bonds. The van der Waals surface area contributed by atoms with E-state index in [9.17, 15) is 38.5 Å². The van der Waals surface area contributed by atoms with Gasteiger partial charge in [0.05, 0.1) is 12.3 Å². The van der Waals surface area contributed by atoms with Crippen LogP contribution in [0.4, 0.5) is 8.78 Å². The van der Waals surface area contributed by atoms with Crippen LogP contribution >= 0.6 is 7.60 Å². The van der Waals surface area contributed by atoms with Crippen LogP contribution in [-0.2, 0) is 11.2 Å². The summed E-state index contributed by atoms with van der Waals surface area (Å²) in [5, 5.41) is 29.0. The summed E-state index contributed by atoms with van der Waals surface area (Å²) in [4.78, 5) is 25.1. The number of aromatic nitrogens is 1. The van der Waals surface area contributed by atoms with Crippen molar-refractivity contribution < 1.29 is 38.5 Å². The number of aromatic hydroxyl groups is 1. The van der Waals surface area contributed by atoms with Gasteiger partial charge in [-0.15, -0.1) is 0 Å². The first-order valence-corrected chi connectivity index (χ1v) is 8.46. The van der Waals surface area contributed by atoms with Gasteiger partial charge in [0, 0.05) is 30.8 Å². The van der Waals surface area contributed by atoms with Crippen LogP contribution in [0.15, 0.2) is 6.20 Å². The van der Waals surface area contributed by atoms with E-state index in [1.165, 1.54) is 0 Å². The summed E-state index contributed by atoms with van der Waals surface area (Å²) in [6, 6.07) is 0. The van der Waals surface area contributed by atoms with Crippen LogP contribution in [-0.4, -0.2) is 26.0 Å². The van der Waals surface area contributed by atoms with Crippen LogP contribution in [0, 0.1) is 0 Å². The van der Waals surface area contributed by atoms with Crippen LogP contribution in [0.2, 0.25) is 0 Å². The summed E-state index contributed by atoms with van der Waals surface area (Å²) >= 11 is 0. The molecule has 0 saturated carbocycles. The van der Waals surface area contributed by atoms with E-state index in [1.54, 1.807) is 0 Å². The highest BCUT2D eigenvalue weighted by Crippen LogP contribution is 2.53. The second-order valence-corrected chi connectivity index (χ2v) is 6.68. The number of alkyl halides is 2. The van der Waals surface area contributed by atoms with Gasteiger partial charge in [-0.25, -0.2) is 0 Å². The molecule has 0 bridgehead atoms. The number of aliphatic hydroxyl groups excluding tert-OH is 2. The maximum Gasteiger partial charge on any atom is 0.301 e. The number of rotatable bonds is 7. The van der Waals surface area contributed by atoms with E-state index >= 15 is 0 Å². The Labute approximate surface area is 131 Å². The summed E-state index contributed by atoms with van der Waals surface area (Å²) in [7, 11) is -6.45. The Balaban J connectivity index is 3.45. The zero-order valence-electron chi connectivity index (χ0n) is 12.6. The zero-order chi connectivity index (χ0) is 18.0. The molecule has 0 aliphatic carbocycles. The summed E-state index contributed by atoms with van der Waals surface area (Å²) in [5.74, 6) is -0.808. The fourth-order valence-electron chi connectivity index (χ4n) is 2.28. The molecule has 0 fully saturated rings. The highest BCUT2D eigenvalue weighted by Gasteiger charge is 2.44. The molecule has 1 heterocycles. The third kappa shape index (κ3) is 3.70. The van der Waals surface area contributed by atoms with E-state index in [1.807, 2.05) is 13.8 Å². The first-order valence-electron chi connectivity index (χ1n) is 6.92. The summed E-state index contributed by atoms with van der Waals surface area (Å²) in [5.41, 5.74) is -6.15. The van der Waals surface area contributed by atoms with E-state index in [2.05, 4.69) is 4.98 Å². The van der Waals surface area contributed by atoms with Crippen molar-refractivity contribution >= 4 is 7.60 Å². The van der Waals surface area contributed by atoms with Crippen molar-refractivity contribution in [1.29, 1.82) is 0 Å². The Kier molecular flexibility index (Phi) is 6.23. The molecule has 1 aromatic rings. The van der Waals surface area contributed by atoms with Gasteiger partial charge in [0.1, 0.15) is 11.9 Å². The fourth-order valence-corrected chi connectivity index (χ4v) is 2.72. The number of hydrogen-bond acceptors (Lipinski definition) is 7. The minimum Gasteiger partial charge on any atom is -0.806 e. The standard InChI is InChI=1S/C13H20F2NO6P/c1-3-7(4-2)10-11(18)9(6-17)8(5-16-10)12(19)13(14,15)23(20,21)22/h5,7,12,17-19H,3-4,6H2,1-2H3,(H2,20,21,22)/p-2.